The van der Waals surface area contributed by atoms with Crippen LogP contribution in [0.25, 0.3) is 0 Å². The van der Waals surface area contributed by atoms with Crippen molar-refractivity contribution in [2.75, 3.05) is 30.5 Å². The van der Waals surface area contributed by atoms with E-state index in [2.05, 4.69) is 49.3 Å². The molecular formula is C12H23N3S2. The lowest BCUT2D eigenvalue weighted by Gasteiger charge is -2.23. The monoisotopic (exact) mass is 273 g/mol. The highest BCUT2D eigenvalue weighted by Crippen LogP contribution is 2.27. The van der Waals surface area contributed by atoms with Gasteiger partial charge in [0.25, 0.3) is 0 Å². The zero-order chi connectivity index (χ0) is 12.8. The molecule has 0 saturated carbocycles. The summed E-state index contributed by atoms with van der Waals surface area (Å²) in [4.78, 5) is 8.10. The SMILES string of the molecule is CCNC(C)c1cnc(N(C)C(C)CSC)s1. The van der Waals surface area contributed by atoms with E-state index >= 15 is 0 Å². The smallest absolute Gasteiger partial charge is 0.185 e. The molecule has 1 N–H and O–H groups in total. The molecule has 5 heteroatoms. The van der Waals surface area contributed by atoms with Gasteiger partial charge < -0.3 is 10.2 Å². The third-order valence-electron chi connectivity index (χ3n) is 2.82. The van der Waals surface area contributed by atoms with Crippen molar-refractivity contribution in [1.82, 2.24) is 10.3 Å². The van der Waals surface area contributed by atoms with E-state index in [1.54, 1.807) is 11.3 Å². The first-order valence-corrected chi connectivity index (χ1v) is 8.22. The standard InChI is InChI=1S/C12H23N3S2/c1-6-13-10(3)11-7-14-12(17-11)15(4)9(2)8-16-5/h7,9-10,13H,6,8H2,1-5H3. The highest BCUT2D eigenvalue weighted by Gasteiger charge is 2.15. The summed E-state index contributed by atoms with van der Waals surface area (Å²) in [6.45, 7) is 7.55. The first kappa shape index (κ1) is 14.8. The molecule has 0 aliphatic rings. The maximum absolute atomic E-state index is 4.52. The number of nitrogens with zero attached hydrogens (tertiary/aromatic N) is 2. The van der Waals surface area contributed by atoms with Crippen LogP contribution in [0.4, 0.5) is 5.13 Å². The summed E-state index contributed by atoms with van der Waals surface area (Å²) in [6, 6.07) is 0.925. The van der Waals surface area contributed by atoms with E-state index in [1.165, 1.54) is 4.88 Å². The molecule has 2 unspecified atom stereocenters. The molecule has 0 aromatic carbocycles. The van der Waals surface area contributed by atoms with Crippen molar-refractivity contribution < 1.29 is 0 Å². The zero-order valence-corrected chi connectivity index (χ0v) is 13.0. The predicted molar refractivity (Wildman–Crippen MR) is 80.5 cm³/mol. The Morgan fingerprint density at radius 3 is 2.82 bits per heavy atom. The van der Waals surface area contributed by atoms with Gasteiger partial charge in [0.2, 0.25) is 0 Å². The fraction of sp³-hybridized carbons (Fsp3) is 0.750. The van der Waals surface area contributed by atoms with E-state index in [4.69, 9.17) is 0 Å². The van der Waals surface area contributed by atoms with E-state index in [0.29, 0.717) is 12.1 Å². The van der Waals surface area contributed by atoms with Crippen molar-refractivity contribution in [2.24, 2.45) is 0 Å². The maximum Gasteiger partial charge on any atom is 0.185 e. The van der Waals surface area contributed by atoms with Crippen molar-refractivity contribution >= 4 is 28.2 Å². The van der Waals surface area contributed by atoms with Crippen molar-refractivity contribution in [1.29, 1.82) is 0 Å². The Morgan fingerprint density at radius 2 is 2.24 bits per heavy atom. The van der Waals surface area contributed by atoms with Crippen molar-refractivity contribution in [3.8, 4) is 0 Å². The molecule has 0 bridgehead atoms. The molecule has 1 aromatic rings. The molecule has 17 heavy (non-hydrogen) atoms. The number of thiazole rings is 1. The quantitative estimate of drug-likeness (QED) is 0.826. The number of thioether (sulfide) groups is 1. The van der Waals surface area contributed by atoms with Crippen LogP contribution in [0.5, 0.6) is 0 Å². The number of rotatable bonds is 7. The highest BCUT2D eigenvalue weighted by atomic mass is 32.2. The van der Waals surface area contributed by atoms with E-state index < -0.39 is 0 Å². The minimum absolute atomic E-state index is 0.399. The molecule has 98 valence electrons. The Hall–Kier alpha value is -0.260. The lowest BCUT2D eigenvalue weighted by atomic mass is 10.3. The van der Waals surface area contributed by atoms with Crippen molar-refractivity contribution in [3.63, 3.8) is 0 Å². The highest BCUT2D eigenvalue weighted by molar-refractivity contribution is 7.98. The van der Waals surface area contributed by atoms with Gasteiger partial charge in [0, 0.05) is 36.0 Å². The van der Waals surface area contributed by atoms with Gasteiger partial charge in [-0.3, -0.25) is 0 Å². The van der Waals surface area contributed by atoms with E-state index in [0.717, 1.165) is 17.4 Å². The summed E-state index contributed by atoms with van der Waals surface area (Å²) in [6.07, 6.45) is 4.14. The van der Waals surface area contributed by atoms with Gasteiger partial charge in [0.05, 0.1) is 0 Å². The van der Waals surface area contributed by atoms with E-state index in [1.807, 2.05) is 18.0 Å². The molecule has 2 atom stereocenters. The molecule has 0 radical (unpaired) electrons. The second kappa shape index (κ2) is 7.24. The number of hydrogen-bond donors (Lipinski definition) is 1. The van der Waals surface area contributed by atoms with Crippen LogP contribution in [0.1, 0.15) is 31.7 Å². The third-order valence-corrected chi connectivity index (χ3v) is 4.91. The van der Waals surface area contributed by atoms with Crippen molar-refractivity contribution in [3.05, 3.63) is 11.1 Å². The molecule has 3 nitrogen and oxygen atoms in total. The van der Waals surface area contributed by atoms with Gasteiger partial charge in [-0.25, -0.2) is 4.98 Å². The predicted octanol–water partition coefficient (Wildman–Crippen LogP) is 3.00. The lowest BCUT2D eigenvalue weighted by Crippen LogP contribution is -2.30. The van der Waals surface area contributed by atoms with E-state index in [9.17, 15) is 0 Å². The first-order chi connectivity index (χ1) is 8.10. The van der Waals surface area contributed by atoms with Crippen LogP contribution >= 0.6 is 23.1 Å². The molecule has 0 aliphatic heterocycles. The summed E-state index contributed by atoms with van der Waals surface area (Å²) >= 11 is 3.66. The zero-order valence-electron chi connectivity index (χ0n) is 11.4. The van der Waals surface area contributed by atoms with E-state index in [-0.39, 0.29) is 0 Å². The molecule has 0 spiro atoms. The molecule has 1 rings (SSSR count). The summed E-state index contributed by atoms with van der Waals surface area (Å²) in [5.74, 6) is 1.13. The lowest BCUT2D eigenvalue weighted by molar-refractivity contribution is 0.606. The minimum Gasteiger partial charge on any atom is -0.348 e. The Morgan fingerprint density at radius 1 is 1.53 bits per heavy atom. The molecular weight excluding hydrogens is 250 g/mol. The minimum atomic E-state index is 0.399. The Bertz CT molecular complexity index is 327. The van der Waals surface area contributed by atoms with Gasteiger partial charge in [-0.2, -0.15) is 11.8 Å². The number of anilines is 1. The average Bonchev–Trinajstić information content (AvgIpc) is 2.78. The van der Waals surface area contributed by atoms with Gasteiger partial charge in [-0.15, -0.1) is 11.3 Å². The van der Waals surface area contributed by atoms with Crippen LogP contribution in [-0.4, -0.2) is 36.6 Å². The second-order valence-electron chi connectivity index (χ2n) is 4.24. The van der Waals surface area contributed by atoms with Crippen LogP contribution in [-0.2, 0) is 0 Å². The van der Waals surface area contributed by atoms with Gasteiger partial charge in [-0.05, 0) is 26.6 Å². The van der Waals surface area contributed by atoms with Gasteiger partial charge in [0.1, 0.15) is 0 Å². The Kier molecular flexibility index (Phi) is 6.30. The van der Waals surface area contributed by atoms with Crippen LogP contribution < -0.4 is 10.2 Å². The van der Waals surface area contributed by atoms with Gasteiger partial charge >= 0.3 is 0 Å². The maximum atomic E-state index is 4.52. The second-order valence-corrected chi connectivity index (χ2v) is 6.19. The number of hydrogen-bond acceptors (Lipinski definition) is 5. The van der Waals surface area contributed by atoms with Crippen molar-refractivity contribution in [2.45, 2.75) is 32.9 Å². The first-order valence-electron chi connectivity index (χ1n) is 6.01. The number of aromatic nitrogens is 1. The summed E-state index contributed by atoms with van der Waals surface area (Å²) in [5.41, 5.74) is 0. The van der Waals surface area contributed by atoms with Crippen LogP contribution in [0.2, 0.25) is 0 Å². The summed E-state index contributed by atoms with van der Waals surface area (Å²) in [5, 5.41) is 4.53. The normalized spacial score (nSPS) is 14.6. The topological polar surface area (TPSA) is 28.2 Å². The third kappa shape index (κ3) is 4.16. The summed E-state index contributed by atoms with van der Waals surface area (Å²) < 4.78 is 0. The Labute approximate surface area is 113 Å². The molecule has 0 fully saturated rings. The fourth-order valence-corrected chi connectivity index (χ4v) is 3.30. The molecule has 0 saturated heterocycles. The van der Waals surface area contributed by atoms with Gasteiger partial charge in [-0.1, -0.05) is 6.92 Å². The van der Waals surface area contributed by atoms with Crippen LogP contribution in [0.3, 0.4) is 0 Å². The van der Waals surface area contributed by atoms with Gasteiger partial charge in [0.15, 0.2) is 5.13 Å². The molecule has 1 aromatic heterocycles. The summed E-state index contributed by atoms with van der Waals surface area (Å²) in [7, 11) is 2.13. The molecule has 0 aliphatic carbocycles. The largest absolute Gasteiger partial charge is 0.348 e. The van der Waals surface area contributed by atoms with Crippen LogP contribution in [0, 0.1) is 0 Å². The Balaban J connectivity index is 2.66. The average molecular weight is 273 g/mol. The molecule has 1 heterocycles. The molecule has 0 amide bonds. The fourth-order valence-electron chi connectivity index (χ4n) is 1.59. The number of nitrogens with one attached hydrogen (secondary N) is 1. The van der Waals surface area contributed by atoms with Crippen LogP contribution in [0.15, 0.2) is 6.20 Å².